The zero-order chi connectivity index (χ0) is 21.0. The normalized spacial score (nSPS) is 13.9. The molecule has 0 bridgehead atoms. The fraction of sp³-hybridized carbons (Fsp3) is 0.273. The van der Waals surface area contributed by atoms with Gasteiger partial charge in [-0.1, -0.05) is 43.7 Å². The van der Waals surface area contributed by atoms with Gasteiger partial charge in [-0.25, -0.2) is 4.79 Å². The first kappa shape index (κ1) is 20.3. The molecule has 1 aliphatic rings. The molecule has 0 saturated carbocycles. The molecule has 3 amide bonds. The number of aliphatic carboxylic acids is 1. The summed E-state index contributed by atoms with van der Waals surface area (Å²) in [5, 5.41) is 12.0. The van der Waals surface area contributed by atoms with Gasteiger partial charge in [0, 0.05) is 18.5 Å². The molecule has 2 N–H and O–H groups in total. The number of unbranched alkanes of at least 4 members (excludes halogenated alkanes) is 1. The number of fused-ring (bicyclic) bond motifs is 1. The number of amides is 3. The number of carboxylic acid groups (broad SMARTS) is 1. The molecule has 1 atom stereocenters. The third kappa shape index (κ3) is 4.34. The van der Waals surface area contributed by atoms with Crippen molar-refractivity contribution in [1.82, 2.24) is 10.2 Å². The summed E-state index contributed by atoms with van der Waals surface area (Å²) < 4.78 is 0. The second-order valence-corrected chi connectivity index (χ2v) is 6.93. The molecule has 1 unspecified atom stereocenters. The van der Waals surface area contributed by atoms with Crippen LogP contribution in [-0.2, 0) is 11.2 Å². The van der Waals surface area contributed by atoms with Crippen molar-refractivity contribution >= 4 is 23.7 Å². The van der Waals surface area contributed by atoms with Crippen molar-refractivity contribution in [3.8, 4) is 0 Å². The molecule has 0 aromatic heterocycles. The van der Waals surface area contributed by atoms with Crippen LogP contribution in [0.4, 0.5) is 0 Å². The molecule has 29 heavy (non-hydrogen) atoms. The number of benzene rings is 2. The number of carbonyl (C=O) groups excluding carboxylic acids is 3. The number of imide groups is 1. The number of hydrogen-bond acceptors (Lipinski definition) is 4. The average molecular weight is 394 g/mol. The van der Waals surface area contributed by atoms with Crippen molar-refractivity contribution < 1.29 is 24.3 Å². The summed E-state index contributed by atoms with van der Waals surface area (Å²) in [5.41, 5.74) is 1.36. The van der Waals surface area contributed by atoms with Crippen molar-refractivity contribution in [2.45, 2.75) is 32.2 Å². The minimum Gasteiger partial charge on any atom is -0.480 e. The smallest absolute Gasteiger partial charge is 0.326 e. The number of hydrogen-bond donors (Lipinski definition) is 2. The van der Waals surface area contributed by atoms with Gasteiger partial charge in [0.2, 0.25) is 0 Å². The lowest BCUT2D eigenvalue weighted by Gasteiger charge is -2.15. The fourth-order valence-electron chi connectivity index (χ4n) is 3.24. The third-order valence-electron chi connectivity index (χ3n) is 4.85. The minimum atomic E-state index is -1.15. The Morgan fingerprint density at radius 3 is 2.38 bits per heavy atom. The van der Waals surface area contributed by atoms with Gasteiger partial charge in [-0.15, -0.1) is 0 Å². The highest BCUT2D eigenvalue weighted by molar-refractivity contribution is 6.22. The van der Waals surface area contributed by atoms with Gasteiger partial charge in [0.05, 0.1) is 11.1 Å². The van der Waals surface area contributed by atoms with E-state index in [1.54, 1.807) is 24.3 Å². The molecule has 0 aliphatic carbocycles. The van der Waals surface area contributed by atoms with Crippen molar-refractivity contribution in [3.63, 3.8) is 0 Å². The summed E-state index contributed by atoms with van der Waals surface area (Å²) in [5.74, 6) is -2.55. The zero-order valence-electron chi connectivity index (χ0n) is 16.1. The van der Waals surface area contributed by atoms with Crippen LogP contribution in [0.15, 0.2) is 48.5 Å². The Labute approximate surface area is 168 Å². The Hall–Kier alpha value is -3.48. The highest BCUT2D eigenvalue weighted by atomic mass is 16.4. The molecule has 150 valence electrons. The van der Waals surface area contributed by atoms with Crippen LogP contribution >= 0.6 is 0 Å². The lowest BCUT2D eigenvalue weighted by molar-refractivity contribution is -0.139. The fourth-order valence-corrected chi connectivity index (χ4v) is 3.24. The molecule has 2 aromatic carbocycles. The summed E-state index contributed by atoms with van der Waals surface area (Å²) in [6.07, 6.45) is 1.69. The maximum absolute atomic E-state index is 12.6. The summed E-state index contributed by atoms with van der Waals surface area (Å²) in [6.45, 7) is 2.30. The predicted molar refractivity (Wildman–Crippen MR) is 106 cm³/mol. The van der Waals surface area contributed by atoms with Crippen LogP contribution in [0.3, 0.4) is 0 Å². The Morgan fingerprint density at radius 1 is 1.03 bits per heavy atom. The van der Waals surface area contributed by atoms with E-state index in [9.17, 15) is 24.3 Å². The third-order valence-corrected chi connectivity index (χ3v) is 4.85. The van der Waals surface area contributed by atoms with Gasteiger partial charge in [0.1, 0.15) is 6.04 Å². The molecular weight excluding hydrogens is 372 g/mol. The predicted octanol–water partition coefficient (Wildman–Crippen LogP) is 2.51. The molecular formula is C22H22N2O5. The van der Waals surface area contributed by atoms with Crippen molar-refractivity contribution in [2.24, 2.45) is 0 Å². The van der Waals surface area contributed by atoms with E-state index < -0.39 is 23.8 Å². The molecule has 0 fully saturated rings. The molecule has 0 spiro atoms. The highest BCUT2D eigenvalue weighted by Crippen LogP contribution is 2.24. The van der Waals surface area contributed by atoms with Crippen molar-refractivity contribution in [1.29, 1.82) is 0 Å². The summed E-state index contributed by atoms with van der Waals surface area (Å²) in [4.78, 5) is 50.3. The van der Waals surface area contributed by atoms with E-state index in [0.717, 1.165) is 12.0 Å². The Bertz CT molecular complexity index is 955. The van der Waals surface area contributed by atoms with Gasteiger partial charge in [-0.05, 0) is 30.2 Å². The van der Waals surface area contributed by atoms with Crippen molar-refractivity contribution in [2.75, 3.05) is 6.54 Å². The van der Waals surface area contributed by atoms with Crippen LogP contribution in [0.1, 0.15) is 56.4 Å². The Kier molecular flexibility index (Phi) is 6.07. The van der Waals surface area contributed by atoms with Gasteiger partial charge < -0.3 is 10.4 Å². The minimum absolute atomic E-state index is 0.134. The summed E-state index contributed by atoms with van der Waals surface area (Å²) in [7, 11) is 0. The Morgan fingerprint density at radius 2 is 1.72 bits per heavy atom. The van der Waals surface area contributed by atoms with Crippen LogP contribution in [0.25, 0.3) is 0 Å². The van der Waals surface area contributed by atoms with Crippen LogP contribution in [0.2, 0.25) is 0 Å². The number of nitrogens with zero attached hydrogens (tertiary/aromatic N) is 1. The topological polar surface area (TPSA) is 104 Å². The molecule has 2 aromatic rings. The second kappa shape index (κ2) is 8.68. The van der Waals surface area contributed by atoms with E-state index in [1.165, 1.54) is 23.1 Å². The number of carbonyl (C=O) groups is 4. The van der Waals surface area contributed by atoms with Gasteiger partial charge in [0.25, 0.3) is 17.7 Å². The first-order valence-electron chi connectivity index (χ1n) is 9.50. The molecule has 0 saturated heterocycles. The Balaban J connectivity index is 1.77. The van der Waals surface area contributed by atoms with Gasteiger partial charge in [0.15, 0.2) is 0 Å². The van der Waals surface area contributed by atoms with E-state index >= 15 is 0 Å². The number of rotatable bonds is 8. The van der Waals surface area contributed by atoms with Gasteiger partial charge in [-0.3, -0.25) is 19.3 Å². The molecule has 1 aliphatic heterocycles. The van der Waals surface area contributed by atoms with Crippen LogP contribution in [-0.4, -0.2) is 46.3 Å². The lowest BCUT2D eigenvalue weighted by atomic mass is 10.0. The van der Waals surface area contributed by atoms with E-state index in [2.05, 4.69) is 5.32 Å². The van der Waals surface area contributed by atoms with Crippen LogP contribution in [0, 0.1) is 0 Å². The quantitative estimate of drug-likeness (QED) is 0.670. The summed E-state index contributed by atoms with van der Waals surface area (Å²) in [6, 6.07) is 12.1. The molecule has 1 heterocycles. The zero-order valence-corrected chi connectivity index (χ0v) is 16.1. The number of carboxylic acids is 1. The monoisotopic (exact) mass is 394 g/mol. The summed E-state index contributed by atoms with van der Waals surface area (Å²) >= 11 is 0. The van der Waals surface area contributed by atoms with Gasteiger partial charge in [-0.2, -0.15) is 0 Å². The highest BCUT2D eigenvalue weighted by Gasteiger charge is 2.35. The SMILES string of the molecule is CCCCN1C(=O)c2ccc(C(=O)NC(Cc3ccccc3)C(=O)O)cc2C1=O. The van der Waals surface area contributed by atoms with Crippen LogP contribution in [0.5, 0.6) is 0 Å². The molecule has 7 nitrogen and oxygen atoms in total. The maximum atomic E-state index is 12.6. The standard InChI is InChI=1S/C22H22N2O5/c1-2-3-11-24-20(26)16-10-9-15(13-17(16)21(24)27)19(25)23-18(22(28)29)12-14-7-5-4-6-8-14/h4-10,13,18H,2-3,11-12H2,1H3,(H,23,25)(H,28,29). The first-order valence-corrected chi connectivity index (χ1v) is 9.50. The van der Waals surface area contributed by atoms with E-state index in [1.807, 2.05) is 13.0 Å². The first-order chi connectivity index (χ1) is 13.9. The molecule has 3 rings (SSSR count). The average Bonchev–Trinajstić information content (AvgIpc) is 2.96. The van der Waals surface area contributed by atoms with Crippen LogP contribution < -0.4 is 5.32 Å². The van der Waals surface area contributed by atoms with E-state index in [-0.39, 0.29) is 29.0 Å². The molecule has 7 heteroatoms. The second-order valence-electron chi connectivity index (χ2n) is 6.93. The van der Waals surface area contributed by atoms with Gasteiger partial charge >= 0.3 is 5.97 Å². The largest absolute Gasteiger partial charge is 0.480 e. The van der Waals surface area contributed by atoms with E-state index in [0.29, 0.717) is 13.0 Å². The van der Waals surface area contributed by atoms with E-state index in [4.69, 9.17) is 0 Å². The number of nitrogens with one attached hydrogen (secondary N) is 1. The molecule has 0 radical (unpaired) electrons. The lowest BCUT2D eigenvalue weighted by Crippen LogP contribution is -2.42. The van der Waals surface area contributed by atoms with Crippen molar-refractivity contribution in [3.05, 3.63) is 70.8 Å². The maximum Gasteiger partial charge on any atom is 0.326 e.